The van der Waals surface area contributed by atoms with Crippen molar-refractivity contribution in [3.8, 4) is 5.75 Å². The number of ether oxygens (including phenoxy) is 1. The standard InChI is InChI=1S/C11H10F6N2O/c12-10(13,14)6-2-1-3-7(4-6)20-5-8(9(18)19)11(15,16)17/h1-4,8H,5H2,(H3,18,19). The molecule has 0 spiro atoms. The van der Waals surface area contributed by atoms with E-state index in [9.17, 15) is 26.3 Å². The Morgan fingerprint density at radius 1 is 1.20 bits per heavy atom. The van der Waals surface area contributed by atoms with Gasteiger partial charge >= 0.3 is 12.4 Å². The Morgan fingerprint density at radius 2 is 1.80 bits per heavy atom. The zero-order chi connectivity index (χ0) is 15.6. The lowest BCUT2D eigenvalue weighted by Gasteiger charge is -2.19. The summed E-state index contributed by atoms with van der Waals surface area (Å²) in [5, 5.41) is 6.81. The van der Waals surface area contributed by atoms with E-state index in [1.807, 2.05) is 0 Å². The fourth-order valence-corrected chi connectivity index (χ4v) is 1.30. The van der Waals surface area contributed by atoms with Gasteiger partial charge in [-0.15, -0.1) is 0 Å². The Morgan fingerprint density at radius 3 is 2.25 bits per heavy atom. The van der Waals surface area contributed by atoms with Crippen LogP contribution in [0.3, 0.4) is 0 Å². The molecule has 0 aliphatic rings. The molecule has 1 aromatic carbocycles. The van der Waals surface area contributed by atoms with E-state index in [4.69, 9.17) is 11.1 Å². The molecule has 0 aliphatic carbocycles. The summed E-state index contributed by atoms with van der Waals surface area (Å²) in [5.74, 6) is -3.91. The maximum Gasteiger partial charge on any atom is 0.416 e. The predicted octanol–water partition coefficient (Wildman–Crippen LogP) is 3.20. The van der Waals surface area contributed by atoms with Crippen LogP contribution >= 0.6 is 0 Å². The molecule has 0 radical (unpaired) electrons. The van der Waals surface area contributed by atoms with Gasteiger partial charge in [0.25, 0.3) is 0 Å². The van der Waals surface area contributed by atoms with Crippen molar-refractivity contribution in [3.63, 3.8) is 0 Å². The smallest absolute Gasteiger partial charge is 0.416 e. The lowest BCUT2D eigenvalue weighted by atomic mass is 10.1. The molecule has 0 saturated carbocycles. The van der Waals surface area contributed by atoms with Gasteiger partial charge in [0.15, 0.2) is 0 Å². The van der Waals surface area contributed by atoms with Crippen LogP contribution in [0.25, 0.3) is 0 Å². The van der Waals surface area contributed by atoms with Gasteiger partial charge in [0.05, 0.1) is 5.56 Å². The minimum atomic E-state index is -4.80. The Kier molecular flexibility index (Phi) is 4.51. The van der Waals surface area contributed by atoms with Gasteiger partial charge in [-0.2, -0.15) is 26.3 Å². The molecule has 1 atom stereocenters. The van der Waals surface area contributed by atoms with E-state index in [0.717, 1.165) is 18.2 Å². The van der Waals surface area contributed by atoms with Crippen molar-refractivity contribution >= 4 is 5.84 Å². The molecule has 0 amide bonds. The van der Waals surface area contributed by atoms with Gasteiger partial charge in [0, 0.05) is 0 Å². The Hall–Kier alpha value is -1.93. The molecule has 0 aromatic heterocycles. The average Bonchev–Trinajstić information content (AvgIpc) is 2.26. The Labute approximate surface area is 109 Å². The molecule has 3 N–H and O–H groups in total. The number of hydrogen-bond acceptors (Lipinski definition) is 2. The summed E-state index contributed by atoms with van der Waals surface area (Å²) in [5.41, 5.74) is 3.75. The fraction of sp³-hybridized carbons (Fsp3) is 0.364. The van der Waals surface area contributed by atoms with Crippen LogP contribution in [0, 0.1) is 11.3 Å². The second-order valence-corrected chi connectivity index (χ2v) is 3.89. The second-order valence-electron chi connectivity index (χ2n) is 3.89. The minimum absolute atomic E-state index is 0.379. The summed E-state index contributed by atoms with van der Waals surface area (Å²) in [4.78, 5) is 0. The maximum absolute atomic E-state index is 12.5. The van der Waals surface area contributed by atoms with Crippen molar-refractivity contribution in [3.05, 3.63) is 29.8 Å². The lowest BCUT2D eigenvalue weighted by molar-refractivity contribution is -0.162. The maximum atomic E-state index is 12.5. The van der Waals surface area contributed by atoms with E-state index in [1.54, 1.807) is 0 Å². The monoisotopic (exact) mass is 300 g/mol. The highest BCUT2D eigenvalue weighted by atomic mass is 19.4. The SMILES string of the molecule is N=C(N)C(COc1cccc(C(F)(F)F)c1)C(F)(F)F. The van der Waals surface area contributed by atoms with Crippen LogP contribution in [0.5, 0.6) is 5.75 Å². The lowest BCUT2D eigenvalue weighted by Crippen LogP contribution is -2.39. The molecular weight excluding hydrogens is 290 g/mol. The van der Waals surface area contributed by atoms with Crippen molar-refractivity contribution in [2.24, 2.45) is 11.7 Å². The quantitative estimate of drug-likeness (QED) is 0.509. The summed E-state index contributed by atoms with van der Waals surface area (Å²) in [6.45, 7) is -1.06. The van der Waals surface area contributed by atoms with Crippen molar-refractivity contribution in [2.45, 2.75) is 12.4 Å². The first-order chi connectivity index (χ1) is 9.01. The van der Waals surface area contributed by atoms with Crippen LogP contribution in [0.15, 0.2) is 24.3 Å². The van der Waals surface area contributed by atoms with Crippen LogP contribution in [-0.2, 0) is 6.18 Å². The van der Waals surface area contributed by atoms with E-state index >= 15 is 0 Å². The summed E-state index contributed by atoms with van der Waals surface area (Å²) >= 11 is 0. The van der Waals surface area contributed by atoms with Crippen LogP contribution in [0.4, 0.5) is 26.3 Å². The molecule has 3 nitrogen and oxygen atoms in total. The average molecular weight is 300 g/mol. The number of rotatable bonds is 4. The number of alkyl halides is 6. The van der Waals surface area contributed by atoms with Crippen LogP contribution < -0.4 is 10.5 Å². The van der Waals surface area contributed by atoms with E-state index < -0.39 is 36.3 Å². The van der Waals surface area contributed by atoms with E-state index in [2.05, 4.69) is 4.74 Å². The predicted molar refractivity (Wildman–Crippen MR) is 58.4 cm³/mol. The second kappa shape index (κ2) is 5.59. The summed E-state index contributed by atoms with van der Waals surface area (Å²) < 4.78 is 79.2. The first-order valence-electron chi connectivity index (χ1n) is 5.22. The number of benzene rings is 1. The summed E-state index contributed by atoms with van der Waals surface area (Å²) in [6, 6.07) is 3.43. The molecule has 0 bridgehead atoms. The Balaban J connectivity index is 2.82. The number of halogens is 6. The van der Waals surface area contributed by atoms with Gasteiger partial charge in [-0.1, -0.05) is 6.07 Å². The summed E-state index contributed by atoms with van der Waals surface area (Å²) in [6.07, 6.45) is -9.42. The first kappa shape index (κ1) is 16.1. The van der Waals surface area contributed by atoms with Crippen LogP contribution in [-0.4, -0.2) is 18.6 Å². The third-order valence-corrected chi connectivity index (χ3v) is 2.35. The van der Waals surface area contributed by atoms with Crippen molar-refractivity contribution in [2.75, 3.05) is 6.61 Å². The Bertz CT molecular complexity index is 483. The van der Waals surface area contributed by atoms with Crippen molar-refractivity contribution in [1.82, 2.24) is 0 Å². The molecule has 9 heteroatoms. The number of amidine groups is 1. The fourth-order valence-electron chi connectivity index (χ4n) is 1.30. The highest BCUT2D eigenvalue weighted by Gasteiger charge is 2.42. The molecule has 1 aromatic rings. The molecule has 112 valence electrons. The van der Waals surface area contributed by atoms with E-state index in [1.165, 1.54) is 0 Å². The van der Waals surface area contributed by atoms with Gasteiger partial charge in [-0.3, -0.25) is 5.41 Å². The van der Waals surface area contributed by atoms with Gasteiger partial charge < -0.3 is 10.5 Å². The molecule has 1 unspecified atom stereocenters. The van der Waals surface area contributed by atoms with Crippen molar-refractivity contribution in [1.29, 1.82) is 5.41 Å². The summed E-state index contributed by atoms with van der Waals surface area (Å²) in [7, 11) is 0. The van der Waals surface area contributed by atoms with Gasteiger partial charge in [0.2, 0.25) is 0 Å². The highest BCUT2D eigenvalue weighted by Crippen LogP contribution is 2.32. The van der Waals surface area contributed by atoms with Crippen LogP contribution in [0.2, 0.25) is 0 Å². The van der Waals surface area contributed by atoms with Crippen LogP contribution in [0.1, 0.15) is 5.56 Å². The molecule has 1 rings (SSSR count). The minimum Gasteiger partial charge on any atom is -0.492 e. The largest absolute Gasteiger partial charge is 0.492 e. The number of hydrogen-bond donors (Lipinski definition) is 2. The number of nitrogens with two attached hydrogens (primary N) is 1. The normalized spacial score (nSPS) is 13.9. The van der Waals surface area contributed by atoms with E-state index in [0.29, 0.717) is 6.07 Å². The number of nitrogens with one attached hydrogen (secondary N) is 1. The van der Waals surface area contributed by atoms with E-state index in [-0.39, 0.29) is 5.75 Å². The zero-order valence-electron chi connectivity index (χ0n) is 9.85. The molecule has 0 fully saturated rings. The molecule has 0 heterocycles. The molecule has 0 saturated heterocycles. The highest BCUT2D eigenvalue weighted by molar-refractivity contribution is 5.80. The van der Waals surface area contributed by atoms with Gasteiger partial charge in [-0.05, 0) is 18.2 Å². The topological polar surface area (TPSA) is 59.1 Å². The molecule has 20 heavy (non-hydrogen) atoms. The first-order valence-corrected chi connectivity index (χ1v) is 5.22. The molecule has 0 aliphatic heterocycles. The van der Waals surface area contributed by atoms with Gasteiger partial charge in [-0.25, -0.2) is 0 Å². The van der Waals surface area contributed by atoms with Crippen molar-refractivity contribution < 1.29 is 31.1 Å². The third kappa shape index (κ3) is 4.32. The zero-order valence-corrected chi connectivity index (χ0v) is 9.85. The van der Waals surface area contributed by atoms with Gasteiger partial charge in [0.1, 0.15) is 24.1 Å². The molecular formula is C11H10F6N2O. The third-order valence-electron chi connectivity index (χ3n) is 2.35.